The largest absolute Gasteiger partial charge is 0.417 e. The molecule has 0 amide bonds. The number of hydrogen-bond acceptors (Lipinski definition) is 3. The van der Waals surface area contributed by atoms with Gasteiger partial charge in [-0.25, -0.2) is 4.79 Å². The van der Waals surface area contributed by atoms with Crippen LogP contribution in [-0.4, -0.2) is 11.5 Å². The predicted molar refractivity (Wildman–Crippen MR) is 56.8 cm³/mol. The average Bonchev–Trinajstić information content (AvgIpc) is 2.94. The molecule has 1 aromatic heterocycles. The molecule has 1 aliphatic carbocycles. The molecule has 1 aromatic carbocycles. The van der Waals surface area contributed by atoms with Crippen LogP contribution < -0.4 is 11.5 Å². The fourth-order valence-corrected chi connectivity index (χ4v) is 2.04. The van der Waals surface area contributed by atoms with Gasteiger partial charge in [-0.05, 0) is 30.5 Å². The normalized spacial score (nSPS) is 18.2. The molecule has 15 heavy (non-hydrogen) atoms. The van der Waals surface area contributed by atoms with Crippen LogP contribution in [0.3, 0.4) is 0 Å². The molecule has 0 radical (unpaired) electrons. The summed E-state index contributed by atoms with van der Waals surface area (Å²) in [6.45, 7) is 0.660. The highest BCUT2D eigenvalue weighted by Crippen LogP contribution is 2.47. The maximum Gasteiger partial charge on any atom is 0.417 e. The van der Waals surface area contributed by atoms with E-state index in [4.69, 9.17) is 10.2 Å². The molecule has 1 fully saturated rings. The SMILES string of the molecule is NCC1(c2ccc3[nH]c(=O)oc3c2)CC1. The van der Waals surface area contributed by atoms with Crippen molar-refractivity contribution in [1.29, 1.82) is 0 Å². The first-order chi connectivity index (χ1) is 7.23. The first kappa shape index (κ1) is 8.73. The minimum atomic E-state index is -0.403. The van der Waals surface area contributed by atoms with E-state index in [1.807, 2.05) is 18.2 Å². The molecular formula is C11H12N2O2. The number of aromatic nitrogens is 1. The summed E-state index contributed by atoms with van der Waals surface area (Å²) in [7, 11) is 0. The number of H-pyrrole nitrogens is 1. The quantitative estimate of drug-likeness (QED) is 0.769. The van der Waals surface area contributed by atoms with Crippen molar-refractivity contribution in [3.63, 3.8) is 0 Å². The van der Waals surface area contributed by atoms with Crippen LogP contribution in [0.25, 0.3) is 11.1 Å². The molecule has 0 spiro atoms. The van der Waals surface area contributed by atoms with E-state index in [1.54, 1.807) is 0 Å². The highest BCUT2D eigenvalue weighted by atomic mass is 16.4. The molecule has 0 saturated heterocycles. The summed E-state index contributed by atoms with van der Waals surface area (Å²) >= 11 is 0. The zero-order valence-corrected chi connectivity index (χ0v) is 8.25. The minimum absolute atomic E-state index is 0.143. The number of fused-ring (bicyclic) bond motifs is 1. The molecule has 2 aromatic rings. The first-order valence-electron chi connectivity index (χ1n) is 5.07. The molecule has 0 aliphatic heterocycles. The van der Waals surface area contributed by atoms with Gasteiger partial charge in [0.15, 0.2) is 5.58 Å². The number of aromatic amines is 1. The Morgan fingerprint density at radius 1 is 1.47 bits per heavy atom. The van der Waals surface area contributed by atoms with Gasteiger partial charge in [0.05, 0.1) is 5.52 Å². The molecule has 0 bridgehead atoms. The van der Waals surface area contributed by atoms with Gasteiger partial charge in [-0.3, -0.25) is 4.98 Å². The fraction of sp³-hybridized carbons (Fsp3) is 0.364. The van der Waals surface area contributed by atoms with Crippen LogP contribution in [0.4, 0.5) is 0 Å². The minimum Gasteiger partial charge on any atom is -0.408 e. The van der Waals surface area contributed by atoms with E-state index in [0.29, 0.717) is 12.1 Å². The summed E-state index contributed by atoms with van der Waals surface area (Å²) in [5, 5.41) is 0. The summed E-state index contributed by atoms with van der Waals surface area (Å²) in [4.78, 5) is 13.6. The molecule has 1 saturated carbocycles. The Kier molecular flexibility index (Phi) is 1.59. The summed E-state index contributed by atoms with van der Waals surface area (Å²) in [6, 6.07) is 5.83. The van der Waals surface area contributed by atoms with Crippen molar-refractivity contribution in [2.24, 2.45) is 5.73 Å². The summed E-state index contributed by atoms with van der Waals surface area (Å²) in [5.41, 5.74) is 8.44. The Morgan fingerprint density at radius 3 is 2.93 bits per heavy atom. The van der Waals surface area contributed by atoms with Crippen LogP contribution in [0.1, 0.15) is 18.4 Å². The molecular weight excluding hydrogens is 192 g/mol. The third-order valence-electron chi connectivity index (χ3n) is 3.28. The highest BCUT2D eigenvalue weighted by molar-refractivity contribution is 5.73. The number of benzene rings is 1. The lowest BCUT2D eigenvalue weighted by molar-refractivity contribution is 0.554. The van der Waals surface area contributed by atoms with Gasteiger partial charge in [-0.1, -0.05) is 6.07 Å². The van der Waals surface area contributed by atoms with Gasteiger partial charge < -0.3 is 10.2 Å². The first-order valence-corrected chi connectivity index (χ1v) is 5.07. The van der Waals surface area contributed by atoms with Gasteiger partial charge in [0.25, 0.3) is 0 Å². The fourth-order valence-electron chi connectivity index (χ4n) is 2.04. The Labute approximate surface area is 86.1 Å². The van der Waals surface area contributed by atoms with Gasteiger partial charge >= 0.3 is 5.76 Å². The third kappa shape index (κ3) is 1.22. The van der Waals surface area contributed by atoms with Crippen molar-refractivity contribution in [3.8, 4) is 0 Å². The molecule has 3 N–H and O–H groups in total. The Morgan fingerprint density at radius 2 is 2.27 bits per heavy atom. The molecule has 0 unspecified atom stereocenters. The van der Waals surface area contributed by atoms with Crippen LogP contribution in [0.2, 0.25) is 0 Å². The zero-order valence-electron chi connectivity index (χ0n) is 8.25. The van der Waals surface area contributed by atoms with Gasteiger partial charge in [0, 0.05) is 12.0 Å². The summed E-state index contributed by atoms with van der Waals surface area (Å²) in [6.07, 6.45) is 2.26. The van der Waals surface area contributed by atoms with Crippen molar-refractivity contribution >= 4 is 11.1 Å². The lowest BCUT2D eigenvalue weighted by Crippen LogP contribution is -2.19. The molecule has 4 heteroatoms. The van der Waals surface area contributed by atoms with Crippen molar-refractivity contribution in [2.45, 2.75) is 18.3 Å². The number of nitrogens with two attached hydrogens (primary N) is 1. The smallest absolute Gasteiger partial charge is 0.408 e. The standard InChI is InChI=1S/C11H12N2O2/c12-6-11(3-4-11)7-1-2-8-9(5-7)15-10(14)13-8/h1-2,5H,3-4,6,12H2,(H,13,14). The summed E-state index contributed by atoms with van der Waals surface area (Å²) < 4.78 is 5.02. The van der Waals surface area contributed by atoms with Gasteiger partial charge in [0.2, 0.25) is 0 Å². The van der Waals surface area contributed by atoms with Crippen molar-refractivity contribution < 1.29 is 4.42 Å². The number of nitrogens with one attached hydrogen (secondary N) is 1. The lowest BCUT2D eigenvalue weighted by atomic mass is 9.96. The van der Waals surface area contributed by atoms with Gasteiger partial charge in [-0.15, -0.1) is 0 Å². The Hall–Kier alpha value is -1.55. The maximum absolute atomic E-state index is 11.0. The Bertz CT molecular complexity index is 563. The zero-order chi connectivity index (χ0) is 10.5. The second-order valence-corrected chi connectivity index (χ2v) is 4.21. The van der Waals surface area contributed by atoms with Crippen LogP contribution in [0, 0.1) is 0 Å². The van der Waals surface area contributed by atoms with E-state index in [0.717, 1.165) is 18.4 Å². The molecule has 3 rings (SSSR count). The van der Waals surface area contributed by atoms with Crippen molar-refractivity contribution in [2.75, 3.05) is 6.54 Å². The number of rotatable bonds is 2. The van der Waals surface area contributed by atoms with E-state index < -0.39 is 5.76 Å². The Balaban J connectivity index is 2.17. The van der Waals surface area contributed by atoms with E-state index in [1.165, 1.54) is 5.56 Å². The highest BCUT2D eigenvalue weighted by Gasteiger charge is 2.42. The van der Waals surface area contributed by atoms with Crippen LogP contribution in [0.5, 0.6) is 0 Å². The topological polar surface area (TPSA) is 72.0 Å². The van der Waals surface area contributed by atoms with Crippen LogP contribution in [0.15, 0.2) is 27.4 Å². The maximum atomic E-state index is 11.0. The lowest BCUT2D eigenvalue weighted by Gasteiger charge is -2.11. The number of hydrogen-bond donors (Lipinski definition) is 2. The van der Waals surface area contributed by atoms with Gasteiger partial charge in [0.1, 0.15) is 0 Å². The second kappa shape index (κ2) is 2.73. The van der Waals surface area contributed by atoms with E-state index in [2.05, 4.69) is 4.98 Å². The van der Waals surface area contributed by atoms with Gasteiger partial charge in [-0.2, -0.15) is 0 Å². The molecule has 1 heterocycles. The second-order valence-electron chi connectivity index (χ2n) is 4.21. The molecule has 4 nitrogen and oxygen atoms in total. The third-order valence-corrected chi connectivity index (χ3v) is 3.28. The van der Waals surface area contributed by atoms with Crippen LogP contribution in [-0.2, 0) is 5.41 Å². The monoisotopic (exact) mass is 204 g/mol. The average molecular weight is 204 g/mol. The van der Waals surface area contributed by atoms with Crippen molar-refractivity contribution in [3.05, 3.63) is 34.3 Å². The summed E-state index contributed by atoms with van der Waals surface area (Å²) in [5.74, 6) is -0.403. The van der Waals surface area contributed by atoms with E-state index >= 15 is 0 Å². The predicted octanol–water partition coefficient (Wildman–Crippen LogP) is 1.11. The van der Waals surface area contributed by atoms with Crippen molar-refractivity contribution in [1.82, 2.24) is 4.98 Å². The van der Waals surface area contributed by atoms with E-state index in [9.17, 15) is 4.79 Å². The molecule has 78 valence electrons. The van der Waals surface area contributed by atoms with Crippen LogP contribution >= 0.6 is 0 Å². The number of oxazole rings is 1. The molecule has 1 aliphatic rings. The van der Waals surface area contributed by atoms with E-state index in [-0.39, 0.29) is 5.41 Å². The molecule has 0 atom stereocenters.